The van der Waals surface area contributed by atoms with Crippen LogP contribution in [0.15, 0.2) is 48.7 Å². The van der Waals surface area contributed by atoms with Gasteiger partial charge in [0.05, 0.1) is 13.2 Å². The van der Waals surface area contributed by atoms with E-state index in [0.29, 0.717) is 0 Å². The van der Waals surface area contributed by atoms with E-state index in [1.807, 2.05) is 13.2 Å². The summed E-state index contributed by atoms with van der Waals surface area (Å²) in [5.41, 5.74) is 2.45. The molecule has 1 aliphatic heterocycles. The van der Waals surface area contributed by atoms with Crippen molar-refractivity contribution in [3.63, 3.8) is 0 Å². The molecule has 1 atom stereocenters. The number of hydrogen-bond donors (Lipinski definition) is 0. The highest BCUT2D eigenvalue weighted by Gasteiger charge is 2.23. The molecule has 0 saturated carbocycles. The van der Waals surface area contributed by atoms with Crippen molar-refractivity contribution >= 4 is 0 Å². The van der Waals surface area contributed by atoms with Gasteiger partial charge in [-0.2, -0.15) is 0 Å². The molecule has 1 aliphatic rings. The van der Waals surface area contributed by atoms with Crippen molar-refractivity contribution < 1.29 is 9.47 Å². The molecule has 2 aromatic rings. The average Bonchev–Trinajstić information content (AvgIpc) is 2.68. The van der Waals surface area contributed by atoms with Gasteiger partial charge in [0.2, 0.25) is 5.88 Å². The topological polar surface area (TPSA) is 34.6 Å². The van der Waals surface area contributed by atoms with Crippen molar-refractivity contribution in [1.82, 2.24) is 9.88 Å². The molecule has 4 nitrogen and oxygen atoms in total. The fourth-order valence-corrected chi connectivity index (χ4v) is 3.69. The normalized spacial score (nSPS) is 17.4. The van der Waals surface area contributed by atoms with Crippen LogP contribution >= 0.6 is 0 Å². The van der Waals surface area contributed by atoms with Crippen molar-refractivity contribution in [2.45, 2.75) is 31.9 Å². The standard InChI is InChI=1S/C21H28N2O2/c1-24-20(18-7-4-3-5-8-18)15-17-10-13-23(14-11-17)16-19-9-6-12-22-21(19)25-2/h3-9,12,17,20H,10-11,13-16H2,1-2H3. The maximum atomic E-state index is 5.75. The molecule has 25 heavy (non-hydrogen) atoms. The first-order valence-electron chi connectivity index (χ1n) is 9.08. The van der Waals surface area contributed by atoms with Gasteiger partial charge in [-0.15, -0.1) is 0 Å². The molecule has 0 bridgehead atoms. The third-order valence-corrected chi connectivity index (χ3v) is 5.15. The molecule has 1 fully saturated rings. The molecular formula is C21H28N2O2. The van der Waals surface area contributed by atoms with Gasteiger partial charge in [0.1, 0.15) is 0 Å². The number of aromatic nitrogens is 1. The average molecular weight is 340 g/mol. The minimum atomic E-state index is 0.205. The summed E-state index contributed by atoms with van der Waals surface area (Å²) < 4.78 is 11.1. The molecule has 1 unspecified atom stereocenters. The lowest BCUT2D eigenvalue weighted by Crippen LogP contribution is -2.34. The van der Waals surface area contributed by atoms with E-state index in [1.165, 1.54) is 24.0 Å². The Labute approximate surface area is 150 Å². The molecule has 4 heteroatoms. The van der Waals surface area contributed by atoms with E-state index in [-0.39, 0.29) is 6.10 Å². The highest BCUT2D eigenvalue weighted by Crippen LogP contribution is 2.31. The molecule has 0 spiro atoms. The van der Waals surface area contributed by atoms with Crippen molar-refractivity contribution in [2.24, 2.45) is 5.92 Å². The van der Waals surface area contributed by atoms with E-state index in [0.717, 1.165) is 37.9 Å². The van der Waals surface area contributed by atoms with Crippen LogP contribution in [-0.2, 0) is 11.3 Å². The van der Waals surface area contributed by atoms with Crippen molar-refractivity contribution in [3.05, 3.63) is 59.8 Å². The Hall–Kier alpha value is -1.91. The summed E-state index contributed by atoms with van der Waals surface area (Å²) in [6.45, 7) is 3.15. The molecule has 3 rings (SSSR count). The monoisotopic (exact) mass is 340 g/mol. The molecule has 1 saturated heterocycles. The maximum Gasteiger partial charge on any atom is 0.217 e. The lowest BCUT2D eigenvalue weighted by atomic mass is 9.89. The van der Waals surface area contributed by atoms with Crippen LogP contribution in [0.4, 0.5) is 0 Å². The van der Waals surface area contributed by atoms with E-state index >= 15 is 0 Å². The largest absolute Gasteiger partial charge is 0.481 e. The highest BCUT2D eigenvalue weighted by molar-refractivity contribution is 5.25. The first kappa shape index (κ1) is 17.9. The Morgan fingerprint density at radius 3 is 2.52 bits per heavy atom. The quantitative estimate of drug-likeness (QED) is 0.761. The van der Waals surface area contributed by atoms with Gasteiger partial charge in [0.25, 0.3) is 0 Å². The van der Waals surface area contributed by atoms with Gasteiger partial charge in [-0.25, -0.2) is 4.98 Å². The lowest BCUT2D eigenvalue weighted by molar-refractivity contribution is 0.0628. The van der Waals surface area contributed by atoms with Crippen molar-refractivity contribution in [2.75, 3.05) is 27.3 Å². The van der Waals surface area contributed by atoms with E-state index in [9.17, 15) is 0 Å². The molecule has 0 radical (unpaired) electrons. The number of methoxy groups -OCH3 is 2. The number of rotatable bonds is 7. The van der Waals surface area contributed by atoms with Gasteiger partial charge < -0.3 is 9.47 Å². The zero-order valence-electron chi connectivity index (χ0n) is 15.2. The fourth-order valence-electron chi connectivity index (χ4n) is 3.69. The first-order valence-corrected chi connectivity index (χ1v) is 9.08. The molecule has 2 heterocycles. The number of ether oxygens (including phenoxy) is 2. The van der Waals surface area contributed by atoms with Crippen LogP contribution in [0.1, 0.15) is 36.5 Å². The van der Waals surface area contributed by atoms with Crippen LogP contribution in [0.5, 0.6) is 5.88 Å². The van der Waals surface area contributed by atoms with Gasteiger partial charge in [-0.05, 0) is 49.9 Å². The van der Waals surface area contributed by atoms with E-state index in [2.05, 4.69) is 46.3 Å². The van der Waals surface area contributed by atoms with E-state index < -0.39 is 0 Å². The Morgan fingerprint density at radius 1 is 1.08 bits per heavy atom. The molecule has 0 amide bonds. The minimum absolute atomic E-state index is 0.205. The van der Waals surface area contributed by atoms with Gasteiger partial charge in [-0.1, -0.05) is 36.4 Å². The second kappa shape index (κ2) is 8.97. The summed E-state index contributed by atoms with van der Waals surface area (Å²) in [6.07, 6.45) is 5.52. The van der Waals surface area contributed by atoms with E-state index in [4.69, 9.17) is 9.47 Å². The third kappa shape index (κ3) is 4.80. The number of pyridine rings is 1. The Morgan fingerprint density at radius 2 is 1.84 bits per heavy atom. The van der Waals surface area contributed by atoms with Crippen LogP contribution in [0.3, 0.4) is 0 Å². The van der Waals surface area contributed by atoms with Crippen LogP contribution in [0.2, 0.25) is 0 Å². The summed E-state index contributed by atoms with van der Waals surface area (Å²) in [4.78, 5) is 6.80. The van der Waals surface area contributed by atoms with Gasteiger partial charge >= 0.3 is 0 Å². The van der Waals surface area contributed by atoms with Crippen LogP contribution < -0.4 is 4.74 Å². The fraction of sp³-hybridized carbons (Fsp3) is 0.476. The molecule has 134 valence electrons. The summed E-state index contributed by atoms with van der Waals surface area (Å²) >= 11 is 0. The predicted octanol–water partition coefficient (Wildman–Crippen LogP) is 4.08. The SMILES string of the molecule is COc1ncccc1CN1CCC(CC(OC)c2ccccc2)CC1. The zero-order chi connectivity index (χ0) is 17.5. The summed E-state index contributed by atoms with van der Waals surface area (Å²) in [7, 11) is 3.51. The van der Waals surface area contributed by atoms with E-state index in [1.54, 1.807) is 13.3 Å². The lowest BCUT2D eigenvalue weighted by Gasteiger charge is -2.33. The molecular weight excluding hydrogens is 312 g/mol. The Kier molecular flexibility index (Phi) is 6.42. The molecule has 1 aromatic carbocycles. The minimum Gasteiger partial charge on any atom is -0.481 e. The second-order valence-corrected chi connectivity index (χ2v) is 6.76. The van der Waals surface area contributed by atoms with Crippen molar-refractivity contribution in [3.8, 4) is 5.88 Å². The number of hydrogen-bond acceptors (Lipinski definition) is 4. The third-order valence-electron chi connectivity index (χ3n) is 5.15. The maximum absolute atomic E-state index is 5.75. The van der Waals surface area contributed by atoms with Crippen LogP contribution in [0, 0.1) is 5.92 Å². The van der Waals surface area contributed by atoms with Gasteiger partial charge in [-0.3, -0.25) is 4.90 Å². The number of piperidine rings is 1. The van der Waals surface area contributed by atoms with Gasteiger partial charge in [0.15, 0.2) is 0 Å². The van der Waals surface area contributed by atoms with Crippen LogP contribution in [0.25, 0.3) is 0 Å². The molecule has 1 aromatic heterocycles. The molecule has 0 N–H and O–H groups in total. The zero-order valence-corrected chi connectivity index (χ0v) is 15.2. The summed E-state index contributed by atoms with van der Waals surface area (Å²) in [5, 5.41) is 0. The number of benzene rings is 1. The summed E-state index contributed by atoms with van der Waals surface area (Å²) in [6, 6.07) is 14.6. The second-order valence-electron chi connectivity index (χ2n) is 6.76. The van der Waals surface area contributed by atoms with Gasteiger partial charge in [0, 0.05) is 25.4 Å². The first-order chi connectivity index (χ1) is 12.3. The number of nitrogens with zero attached hydrogens (tertiary/aromatic N) is 2. The number of likely N-dealkylation sites (tertiary alicyclic amines) is 1. The molecule has 0 aliphatic carbocycles. The predicted molar refractivity (Wildman–Crippen MR) is 99.6 cm³/mol. The summed E-state index contributed by atoms with van der Waals surface area (Å²) in [5.74, 6) is 1.46. The van der Waals surface area contributed by atoms with Crippen molar-refractivity contribution in [1.29, 1.82) is 0 Å². The Balaban J connectivity index is 1.51. The highest BCUT2D eigenvalue weighted by atomic mass is 16.5. The smallest absolute Gasteiger partial charge is 0.217 e. The Bertz CT molecular complexity index is 639. The van der Waals surface area contributed by atoms with Crippen LogP contribution in [-0.4, -0.2) is 37.2 Å².